The van der Waals surface area contributed by atoms with Crippen molar-refractivity contribution >= 4 is 21.1 Å². The number of imidazole rings is 1. The molecular weight excluding hydrogens is 407 g/mol. The van der Waals surface area contributed by atoms with Gasteiger partial charge in [-0.2, -0.15) is 18.3 Å². The van der Waals surface area contributed by atoms with Gasteiger partial charge in [0.25, 0.3) is 0 Å². The average molecular weight is 429 g/mol. The van der Waals surface area contributed by atoms with Crippen molar-refractivity contribution in [2.75, 3.05) is 0 Å². The molecule has 0 saturated heterocycles. The van der Waals surface area contributed by atoms with E-state index in [1.54, 1.807) is 30.0 Å². The molecule has 1 N–H and O–H groups in total. The Balaban J connectivity index is 2.00. The Morgan fingerprint density at radius 3 is 2.45 bits per heavy atom. The molecule has 2 aromatic heterocycles. The highest BCUT2D eigenvalue weighted by atomic mass is 32.2. The fourth-order valence-electron chi connectivity index (χ4n) is 3.34. The minimum Gasteiger partial charge on any atom is -0.327 e. The van der Waals surface area contributed by atoms with Gasteiger partial charge in [-0.1, -0.05) is 0 Å². The largest absolute Gasteiger partial charge is 0.416 e. The molecule has 2 heterocycles. The normalized spacial score (nSPS) is 13.9. The molecule has 0 saturated carbocycles. The molecule has 3 aromatic rings. The number of alkyl halides is 3. The lowest BCUT2D eigenvalue weighted by Crippen LogP contribution is -2.29. The number of hydrogen-bond donors (Lipinski definition) is 1. The second kappa shape index (κ2) is 7.45. The summed E-state index contributed by atoms with van der Waals surface area (Å²) in [5.74, 6) is 0.339. The summed E-state index contributed by atoms with van der Waals surface area (Å²) in [6, 6.07) is 2.54. The summed E-state index contributed by atoms with van der Waals surface area (Å²) >= 11 is 0. The van der Waals surface area contributed by atoms with Crippen LogP contribution in [0.2, 0.25) is 0 Å². The second-order valence-electron chi connectivity index (χ2n) is 6.67. The van der Waals surface area contributed by atoms with Crippen LogP contribution in [0.15, 0.2) is 29.3 Å². The number of aromatic nitrogens is 4. The Labute approximate surface area is 166 Å². The summed E-state index contributed by atoms with van der Waals surface area (Å²) < 4.78 is 70.5. The van der Waals surface area contributed by atoms with Gasteiger partial charge in [0.1, 0.15) is 10.7 Å². The number of rotatable bonds is 6. The highest BCUT2D eigenvalue weighted by Crippen LogP contribution is 2.32. The van der Waals surface area contributed by atoms with Gasteiger partial charge in [-0.05, 0) is 45.9 Å². The molecule has 158 valence electrons. The summed E-state index contributed by atoms with van der Waals surface area (Å²) in [5.41, 5.74) is 0.405. The minimum atomic E-state index is -4.47. The van der Waals surface area contributed by atoms with Crippen LogP contribution in [0.25, 0.3) is 11.0 Å². The molecule has 1 atom stereocenters. The first-order valence-electron chi connectivity index (χ1n) is 9.11. The van der Waals surface area contributed by atoms with Gasteiger partial charge in [-0.25, -0.2) is 18.1 Å². The smallest absolute Gasteiger partial charge is 0.327 e. The highest BCUT2D eigenvalue weighted by molar-refractivity contribution is 7.89. The second-order valence-corrected chi connectivity index (χ2v) is 8.35. The van der Waals surface area contributed by atoms with Crippen LogP contribution in [0.5, 0.6) is 0 Å². The van der Waals surface area contributed by atoms with E-state index < -0.39 is 27.8 Å². The third-order valence-electron chi connectivity index (χ3n) is 4.79. The molecule has 1 aromatic carbocycles. The molecule has 0 bridgehead atoms. The number of halogens is 3. The van der Waals surface area contributed by atoms with Crippen LogP contribution < -0.4 is 4.72 Å². The first kappa shape index (κ1) is 21.3. The van der Waals surface area contributed by atoms with Crippen molar-refractivity contribution < 1.29 is 21.6 Å². The van der Waals surface area contributed by atoms with E-state index in [1.807, 2.05) is 6.92 Å². The number of nitrogens with zero attached hydrogens (tertiary/aromatic N) is 4. The molecule has 0 unspecified atom stereocenters. The number of aryl methyl sites for hydroxylation is 2. The van der Waals surface area contributed by atoms with Crippen LogP contribution in [0.4, 0.5) is 13.2 Å². The van der Waals surface area contributed by atoms with Crippen LogP contribution >= 0.6 is 0 Å². The van der Waals surface area contributed by atoms with E-state index in [0.29, 0.717) is 35.6 Å². The van der Waals surface area contributed by atoms with Crippen molar-refractivity contribution in [2.45, 2.75) is 57.9 Å². The van der Waals surface area contributed by atoms with E-state index in [9.17, 15) is 21.6 Å². The Bertz CT molecular complexity index is 1150. The van der Waals surface area contributed by atoms with Gasteiger partial charge in [-0.3, -0.25) is 4.68 Å². The molecule has 0 radical (unpaired) electrons. The topological polar surface area (TPSA) is 81.8 Å². The zero-order valence-corrected chi connectivity index (χ0v) is 17.3. The Morgan fingerprint density at radius 1 is 1.21 bits per heavy atom. The van der Waals surface area contributed by atoms with E-state index in [-0.39, 0.29) is 4.90 Å². The zero-order chi connectivity index (χ0) is 21.6. The van der Waals surface area contributed by atoms with E-state index in [2.05, 4.69) is 14.8 Å². The molecule has 0 amide bonds. The monoisotopic (exact) mass is 429 g/mol. The maximum absolute atomic E-state index is 13.1. The molecule has 7 nitrogen and oxygen atoms in total. The average Bonchev–Trinajstić information content (AvgIpc) is 3.20. The summed E-state index contributed by atoms with van der Waals surface area (Å²) in [5, 5.41) is 4.05. The number of benzene rings is 1. The van der Waals surface area contributed by atoms with Gasteiger partial charge in [-0.15, -0.1) is 0 Å². The highest BCUT2D eigenvalue weighted by Gasteiger charge is 2.32. The Morgan fingerprint density at radius 2 is 1.90 bits per heavy atom. The summed E-state index contributed by atoms with van der Waals surface area (Å²) in [6.07, 6.45) is -3.19. The van der Waals surface area contributed by atoms with Gasteiger partial charge in [0, 0.05) is 13.1 Å². The molecule has 0 aliphatic heterocycles. The standard InChI is InChI=1S/C18H22F3N5O2S/c1-5-25-15-9-13(18(19,20)21)7-8-14(15)23-17(25)11(3)24-29(27,28)16-10-22-26(6-2)12(16)4/h7-11,24H,5-6H2,1-4H3/t11-/m1/s1. The molecular formula is C18H22F3N5O2S. The van der Waals surface area contributed by atoms with E-state index in [1.165, 1.54) is 12.3 Å². The third-order valence-corrected chi connectivity index (χ3v) is 6.43. The fraction of sp³-hybridized carbons (Fsp3) is 0.444. The maximum Gasteiger partial charge on any atom is 0.416 e. The van der Waals surface area contributed by atoms with E-state index >= 15 is 0 Å². The minimum absolute atomic E-state index is 0.0599. The molecule has 0 aliphatic carbocycles. The van der Waals surface area contributed by atoms with Crippen molar-refractivity contribution in [1.29, 1.82) is 0 Å². The summed E-state index contributed by atoms with van der Waals surface area (Å²) in [4.78, 5) is 4.44. The van der Waals surface area contributed by atoms with Crippen LogP contribution in [-0.4, -0.2) is 27.7 Å². The molecule has 3 rings (SSSR count). The van der Waals surface area contributed by atoms with Gasteiger partial charge >= 0.3 is 6.18 Å². The lowest BCUT2D eigenvalue weighted by molar-refractivity contribution is -0.137. The van der Waals surface area contributed by atoms with Crippen molar-refractivity contribution in [3.05, 3.63) is 41.5 Å². The first-order chi connectivity index (χ1) is 13.5. The summed E-state index contributed by atoms with van der Waals surface area (Å²) in [7, 11) is -3.89. The van der Waals surface area contributed by atoms with E-state index in [0.717, 1.165) is 12.1 Å². The molecule has 11 heteroatoms. The van der Waals surface area contributed by atoms with Crippen molar-refractivity contribution in [3.8, 4) is 0 Å². The van der Waals surface area contributed by atoms with E-state index in [4.69, 9.17) is 0 Å². The third kappa shape index (κ3) is 3.88. The lowest BCUT2D eigenvalue weighted by Gasteiger charge is -2.15. The predicted octanol–water partition coefficient (Wildman–Crippen LogP) is 3.64. The molecule has 0 aliphatic rings. The van der Waals surface area contributed by atoms with Crippen LogP contribution in [0.3, 0.4) is 0 Å². The first-order valence-corrected chi connectivity index (χ1v) is 10.6. The van der Waals surface area contributed by atoms with Crippen LogP contribution in [0, 0.1) is 6.92 Å². The number of sulfonamides is 1. The zero-order valence-electron chi connectivity index (χ0n) is 16.4. The number of fused-ring (bicyclic) bond motifs is 1. The molecule has 29 heavy (non-hydrogen) atoms. The quantitative estimate of drug-likeness (QED) is 0.649. The van der Waals surface area contributed by atoms with Crippen molar-refractivity contribution in [2.24, 2.45) is 0 Å². The number of nitrogens with one attached hydrogen (secondary N) is 1. The van der Waals surface area contributed by atoms with Crippen LogP contribution in [-0.2, 0) is 29.3 Å². The summed E-state index contributed by atoms with van der Waals surface area (Å²) in [6.45, 7) is 7.76. The maximum atomic E-state index is 13.1. The van der Waals surface area contributed by atoms with Gasteiger partial charge in [0.05, 0.1) is 34.5 Å². The van der Waals surface area contributed by atoms with Gasteiger partial charge in [0.2, 0.25) is 10.0 Å². The lowest BCUT2D eigenvalue weighted by atomic mass is 10.2. The van der Waals surface area contributed by atoms with Gasteiger partial charge < -0.3 is 4.57 Å². The van der Waals surface area contributed by atoms with Crippen molar-refractivity contribution in [1.82, 2.24) is 24.1 Å². The van der Waals surface area contributed by atoms with Crippen LogP contribution in [0.1, 0.15) is 43.9 Å². The number of hydrogen-bond acceptors (Lipinski definition) is 4. The molecule has 0 fully saturated rings. The molecule has 0 spiro atoms. The Hall–Kier alpha value is -2.40. The fourth-order valence-corrected chi connectivity index (χ4v) is 4.72. The van der Waals surface area contributed by atoms with Crippen molar-refractivity contribution in [3.63, 3.8) is 0 Å². The van der Waals surface area contributed by atoms with Gasteiger partial charge in [0.15, 0.2) is 0 Å². The Kier molecular flexibility index (Phi) is 5.48. The predicted molar refractivity (Wildman–Crippen MR) is 102 cm³/mol. The SMILES string of the molecule is CCn1ncc(S(=O)(=O)N[C@H](C)c2nc3ccc(C(F)(F)F)cc3n2CC)c1C.